The van der Waals surface area contributed by atoms with E-state index in [2.05, 4.69) is 46.6 Å². The van der Waals surface area contributed by atoms with E-state index >= 15 is 0 Å². The van der Waals surface area contributed by atoms with E-state index in [0.29, 0.717) is 17.6 Å². The Labute approximate surface area is 108 Å². The van der Waals surface area contributed by atoms with E-state index in [4.69, 9.17) is 0 Å². The highest BCUT2D eigenvalue weighted by Crippen LogP contribution is 2.02. The average molecular weight is 251 g/mol. The molecule has 1 heterocycles. The molecule has 1 aromatic heterocycles. The summed E-state index contributed by atoms with van der Waals surface area (Å²) in [4.78, 5) is 13.5. The highest BCUT2D eigenvalue weighted by Gasteiger charge is 2.06. The maximum absolute atomic E-state index is 11.3. The summed E-state index contributed by atoms with van der Waals surface area (Å²) in [5.41, 5.74) is 0.322. The number of carbonyl (C=O) groups excluding carboxylic acids is 1. The lowest BCUT2D eigenvalue weighted by atomic mass is 10.3. The number of nitrogens with one attached hydrogen (secondary N) is 2. The predicted octanol–water partition coefficient (Wildman–Crippen LogP) is 0.588. The second kappa shape index (κ2) is 6.90. The number of aromatic nitrogens is 2. The van der Waals surface area contributed by atoms with Gasteiger partial charge in [-0.25, -0.2) is 0 Å². The lowest BCUT2D eigenvalue weighted by molar-refractivity contribution is 0.0957. The molecule has 6 heteroatoms. The number of nitrogens with zero attached hydrogens (tertiary/aromatic N) is 3. The molecule has 1 rings (SSSR count). The van der Waals surface area contributed by atoms with Gasteiger partial charge in [-0.3, -0.25) is 4.79 Å². The molecule has 0 spiro atoms. The monoisotopic (exact) mass is 251 g/mol. The summed E-state index contributed by atoms with van der Waals surface area (Å²) in [5, 5.41) is 13.5. The van der Waals surface area contributed by atoms with Crippen molar-refractivity contribution in [2.75, 3.05) is 32.5 Å². The minimum absolute atomic E-state index is 0.228. The van der Waals surface area contributed by atoms with Crippen molar-refractivity contribution in [3.8, 4) is 0 Å². The van der Waals surface area contributed by atoms with Gasteiger partial charge in [0.05, 0.1) is 0 Å². The van der Waals surface area contributed by atoms with Crippen molar-refractivity contribution in [1.82, 2.24) is 20.4 Å². The molecular formula is C12H21N5O. The molecule has 18 heavy (non-hydrogen) atoms. The Morgan fingerprint density at radius 2 is 2.11 bits per heavy atom. The SMILES string of the molecule is CNC(=O)c1ccc(NCCN(C)C(C)C)nn1. The molecule has 0 radical (unpaired) electrons. The maximum Gasteiger partial charge on any atom is 0.271 e. The quantitative estimate of drug-likeness (QED) is 0.774. The van der Waals surface area contributed by atoms with Gasteiger partial charge in [0.2, 0.25) is 0 Å². The van der Waals surface area contributed by atoms with Crippen molar-refractivity contribution >= 4 is 11.7 Å². The molecule has 0 bridgehead atoms. The Kier molecular flexibility index (Phi) is 5.51. The first-order valence-electron chi connectivity index (χ1n) is 6.04. The zero-order chi connectivity index (χ0) is 13.5. The predicted molar refractivity (Wildman–Crippen MR) is 71.7 cm³/mol. The Bertz CT molecular complexity index is 377. The summed E-state index contributed by atoms with van der Waals surface area (Å²) in [6.45, 7) is 6.02. The summed E-state index contributed by atoms with van der Waals surface area (Å²) < 4.78 is 0. The van der Waals surface area contributed by atoms with Crippen molar-refractivity contribution in [3.63, 3.8) is 0 Å². The number of hydrogen-bond acceptors (Lipinski definition) is 5. The number of likely N-dealkylation sites (N-methyl/N-ethyl adjacent to an activating group) is 1. The van der Waals surface area contributed by atoms with Crippen LogP contribution in [0.2, 0.25) is 0 Å². The molecule has 6 nitrogen and oxygen atoms in total. The first kappa shape index (κ1) is 14.4. The van der Waals surface area contributed by atoms with Crippen LogP contribution in [0.3, 0.4) is 0 Å². The standard InChI is InChI=1S/C12H21N5O/c1-9(2)17(4)8-7-14-11-6-5-10(15-16-11)12(18)13-3/h5-6,9H,7-8H2,1-4H3,(H,13,18)(H,14,16). The summed E-state index contributed by atoms with van der Waals surface area (Å²) >= 11 is 0. The van der Waals surface area contributed by atoms with Crippen molar-refractivity contribution in [2.45, 2.75) is 19.9 Å². The average Bonchev–Trinajstić information content (AvgIpc) is 2.38. The fourth-order valence-corrected chi connectivity index (χ4v) is 1.29. The van der Waals surface area contributed by atoms with E-state index in [1.165, 1.54) is 0 Å². The van der Waals surface area contributed by atoms with E-state index in [1.54, 1.807) is 19.2 Å². The third-order valence-electron chi connectivity index (χ3n) is 2.78. The third-order valence-corrected chi connectivity index (χ3v) is 2.78. The van der Waals surface area contributed by atoms with Gasteiger partial charge in [-0.1, -0.05) is 0 Å². The third kappa shape index (κ3) is 4.29. The second-order valence-electron chi connectivity index (χ2n) is 4.38. The van der Waals surface area contributed by atoms with Gasteiger partial charge in [0.1, 0.15) is 5.82 Å². The van der Waals surface area contributed by atoms with E-state index in [1.807, 2.05) is 0 Å². The molecular weight excluding hydrogens is 230 g/mol. The fraction of sp³-hybridized carbons (Fsp3) is 0.583. The lowest BCUT2D eigenvalue weighted by Crippen LogP contribution is -2.31. The molecule has 100 valence electrons. The molecule has 0 atom stereocenters. The Morgan fingerprint density at radius 1 is 1.39 bits per heavy atom. The first-order valence-corrected chi connectivity index (χ1v) is 6.04. The highest BCUT2D eigenvalue weighted by molar-refractivity contribution is 5.91. The van der Waals surface area contributed by atoms with Gasteiger partial charge in [0, 0.05) is 26.2 Å². The number of hydrogen-bond donors (Lipinski definition) is 2. The topological polar surface area (TPSA) is 70.2 Å². The molecule has 0 fully saturated rings. The molecule has 0 aliphatic carbocycles. The largest absolute Gasteiger partial charge is 0.367 e. The Morgan fingerprint density at radius 3 is 2.61 bits per heavy atom. The summed E-state index contributed by atoms with van der Waals surface area (Å²) in [6, 6.07) is 3.93. The zero-order valence-corrected chi connectivity index (χ0v) is 11.4. The molecule has 0 aromatic carbocycles. The van der Waals surface area contributed by atoms with Crippen molar-refractivity contribution < 1.29 is 4.79 Å². The highest BCUT2D eigenvalue weighted by atomic mass is 16.1. The van der Waals surface area contributed by atoms with Gasteiger partial charge < -0.3 is 15.5 Å². The van der Waals surface area contributed by atoms with Crippen molar-refractivity contribution in [1.29, 1.82) is 0 Å². The van der Waals surface area contributed by atoms with Gasteiger partial charge in [0.25, 0.3) is 5.91 Å². The number of carbonyl (C=O) groups is 1. The van der Waals surface area contributed by atoms with Crippen LogP contribution in [-0.4, -0.2) is 54.2 Å². The van der Waals surface area contributed by atoms with E-state index < -0.39 is 0 Å². The van der Waals surface area contributed by atoms with Gasteiger partial charge in [-0.15, -0.1) is 10.2 Å². The summed E-state index contributed by atoms with van der Waals surface area (Å²) in [6.07, 6.45) is 0. The van der Waals surface area contributed by atoms with Crippen molar-refractivity contribution in [2.24, 2.45) is 0 Å². The molecule has 0 saturated heterocycles. The van der Waals surface area contributed by atoms with Crippen LogP contribution >= 0.6 is 0 Å². The Balaban J connectivity index is 2.42. The van der Waals surface area contributed by atoms with Gasteiger partial charge in [-0.05, 0) is 33.0 Å². The molecule has 0 aliphatic heterocycles. The summed E-state index contributed by atoms with van der Waals surface area (Å²) in [7, 11) is 3.64. The smallest absolute Gasteiger partial charge is 0.271 e. The fourth-order valence-electron chi connectivity index (χ4n) is 1.29. The minimum Gasteiger partial charge on any atom is -0.367 e. The zero-order valence-electron chi connectivity index (χ0n) is 11.4. The van der Waals surface area contributed by atoms with Gasteiger partial charge in [-0.2, -0.15) is 0 Å². The number of rotatable bonds is 6. The number of anilines is 1. The minimum atomic E-state index is -0.228. The van der Waals surface area contributed by atoms with Crippen molar-refractivity contribution in [3.05, 3.63) is 17.8 Å². The molecule has 2 N–H and O–H groups in total. The van der Waals surface area contributed by atoms with Crippen LogP contribution in [0, 0.1) is 0 Å². The second-order valence-corrected chi connectivity index (χ2v) is 4.38. The molecule has 1 aromatic rings. The van der Waals surface area contributed by atoms with Crippen LogP contribution in [0.5, 0.6) is 0 Å². The molecule has 1 amide bonds. The van der Waals surface area contributed by atoms with Crippen LogP contribution < -0.4 is 10.6 Å². The van der Waals surface area contributed by atoms with Crippen LogP contribution in [0.15, 0.2) is 12.1 Å². The van der Waals surface area contributed by atoms with Crippen LogP contribution in [0.25, 0.3) is 0 Å². The molecule has 0 unspecified atom stereocenters. The summed E-state index contributed by atoms with van der Waals surface area (Å²) in [5.74, 6) is 0.452. The van der Waals surface area contributed by atoms with Gasteiger partial charge in [0.15, 0.2) is 5.69 Å². The van der Waals surface area contributed by atoms with Crippen LogP contribution in [0.1, 0.15) is 24.3 Å². The van der Waals surface area contributed by atoms with Crippen LogP contribution in [0.4, 0.5) is 5.82 Å². The van der Waals surface area contributed by atoms with E-state index in [0.717, 1.165) is 13.1 Å². The maximum atomic E-state index is 11.3. The first-order chi connectivity index (χ1) is 8.54. The van der Waals surface area contributed by atoms with E-state index in [-0.39, 0.29) is 5.91 Å². The van der Waals surface area contributed by atoms with Gasteiger partial charge >= 0.3 is 0 Å². The Hall–Kier alpha value is -1.69. The van der Waals surface area contributed by atoms with E-state index in [9.17, 15) is 4.79 Å². The van der Waals surface area contributed by atoms with Crippen LogP contribution in [-0.2, 0) is 0 Å². The molecule has 0 aliphatic rings. The lowest BCUT2D eigenvalue weighted by Gasteiger charge is -2.20. The normalized spacial score (nSPS) is 10.8. The number of amides is 1. The molecule has 0 saturated carbocycles.